The summed E-state index contributed by atoms with van der Waals surface area (Å²) in [6.45, 7) is 3.14. The number of carbonyl (C=O) groups is 1. The summed E-state index contributed by atoms with van der Waals surface area (Å²) < 4.78 is 0. The first-order chi connectivity index (χ1) is 9.79. The second-order valence-corrected chi connectivity index (χ2v) is 5.45. The van der Waals surface area contributed by atoms with E-state index >= 15 is 0 Å². The van der Waals surface area contributed by atoms with Crippen molar-refractivity contribution in [2.24, 2.45) is 0 Å². The Hall–Kier alpha value is -1.88. The predicted molar refractivity (Wildman–Crippen MR) is 84.5 cm³/mol. The van der Waals surface area contributed by atoms with Gasteiger partial charge in [0.25, 0.3) is 5.91 Å². The number of unbranched alkanes of at least 4 members (excludes halogenated alkanes) is 2. The summed E-state index contributed by atoms with van der Waals surface area (Å²) in [7, 11) is 0. The Morgan fingerprint density at radius 2 is 2.20 bits per heavy atom. The third-order valence-electron chi connectivity index (χ3n) is 2.86. The molecular weight excluding hydrogens is 270 g/mol. The Morgan fingerprint density at radius 1 is 1.30 bits per heavy atom. The van der Waals surface area contributed by atoms with Crippen molar-refractivity contribution in [2.45, 2.75) is 26.2 Å². The maximum atomic E-state index is 11.8. The second kappa shape index (κ2) is 7.65. The van der Waals surface area contributed by atoms with Crippen LogP contribution in [0.25, 0.3) is 0 Å². The van der Waals surface area contributed by atoms with Crippen molar-refractivity contribution in [2.75, 3.05) is 17.2 Å². The number of amides is 1. The van der Waals surface area contributed by atoms with Gasteiger partial charge in [0.15, 0.2) is 0 Å². The molecule has 0 aliphatic heterocycles. The molecule has 1 amide bonds. The van der Waals surface area contributed by atoms with Gasteiger partial charge in [-0.3, -0.25) is 4.79 Å². The van der Waals surface area contributed by atoms with Crippen LogP contribution >= 0.6 is 11.3 Å². The lowest BCUT2D eigenvalue weighted by molar-refractivity contribution is 0.103. The van der Waals surface area contributed by atoms with E-state index in [2.05, 4.69) is 22.5 Å². The van der Waals surface area contributed by atoms with E-state index in [9.17, 15) is 4.79 Å². The van der Waals surface area contributed by atoms with Gasteiger partial charge in [-0.25, -0.2) is 4.98 Å². The molecule has 20 heavy (non-hydrogen) atoms. The van der Waals surface area contributed by atoms with Crippen molar-refractivity contribution in [1.82, 2.24) is 4.98 Å². The van der Waals surface area contributed by atoms with Crippen molar-refractivity contribution in [1.29, 1.82) is 0 Å². The van der Waals surface area contributed by atoms with Crippen molar-refractivity contribution >= 4 is 28.7 Å². The fourth-order valence-electron chi connectivity index (χ4n) is 1.77. The smallest absolute Gasteiger partial charge is 0.266 e. The quantitative estimate of drug-likeness (QED) is 0.758. The van der Waals surface area contributed by atoms with Gasteiger partial charge in [-0.1, -0.05) is 25.8 Å². The van der Waals surface area contributed by atoms with Gasteiger partial charge < -0.3 is 10.6 Å². The molecule has 4 nitrogen and oxygen atoms in total. The Bertz CT molecular complexity index is 523. The monoisotopic (exact) mass is 289 g/mol. The molecule has 2 heterocycles. The molecule has 2 aromatic heterocycles. The summed E-state index contributed by atoms with van der Waals surface area (Å²) in [5.41, 5.74) is 0.982. The maximum Gasteiger partial charge on any atom is 0.266 e. The van der Waals surface area contributed by atoms with E-state index < -0.39 is 0 Å². The zero-order valence-corrected chi connectivity index (χ0v) is 12.4. The predicted octanol–water partition coefficient (Wildman–Crippen LogP) is 4.00. The maximum absolute atomic E-state index is 11.8. The summed E-state index contributed by atoms with van der Waals surface area (Å²) in [5, 5.41) is 7.98. The lowest BCUT2D eigenvalue weighted by Crippen LogP contribution is -2.11. The highest BCUT2D eigenvalue weighted by atomic mass is 32.1. The Balaban J connectivity index is 1.83. The second-order valence-electron chi connectivity index (χ2n) is 4.50. The number of anilines is 2. The molecule has 0 aliphatic rings. The Labute approximate surface area is 123 Å². The van der Waals surface area contributed by atoms with E-state index in [4.69, 9.17) is 0 Å². The molecular formula is C15H19N3OS. The molecule has 0 fully saturated rings. The van der Waals surface area contributed by atoms with Crippen molar-refractivity contribution in [3.8, 4) is 0 Å². The molecule has 0 aliphatic carbocycles. The largest absolute Gasteiger partial charge is 0.384 e. The normalized spacial score (nSPS) is 10.2. The summed E-state index contributed by atoms with van der Waals surface area (Å²) in [4.78, 5) is 16.8. The van der Waals surface area contributed by atoms with E-state index in [0.717, 1.165) is 18.7 Å². The Morgan fingerprint density at radius 3 is 2.85 bits per heavy atom. The molecule has 0 unspecified atom stereocenters. The van der Waals surface area contributed by atoms with Crippen LogP contribution in [0.4, 0.5) is 11.5 Å². The number of pyridine rings is 1. The highest BCUT2D eigenvalue weighted by Gasteiger charge is 2.07. The molecule has 0 atom stereocenters. The Kier molecular flexibility index (Phi) is 5.55. The van der Waals surface area contributed by atoms with Crippen LogP contribution in [-0.2, 0) is 0 Å². The fraction of sp³-hybridized carbons (Fsp3) is 0.333. The van der Waals surface area contributed by atoms with Gasteiger partial charge in [0.2, 0.25) is 0 Å². The molecule has 0 spiro atoms. The van der Waals surface area contributed by atoms with Gasteiger partial charge >= 0.3 is 0 Å². The molecule has 0 aromatic carbocycles. The van der Waals surface area contributed by atoms with Gasteiger partial charge in [0.1, 0.15) is 5.82 Å². The van der Waals surface area contributed by atoms with Crippen LogP contribution in [0.15, 0.2) is 35.8 Å². The molecule has 2 aromatic rings. The van der Waals surface area contributed by atoms with Gasteiger partial charge in [-0.05, 0) is 30.0 Å². The van der Waals surface area contributed by atoms with Crippen LogP contribution in [0.1, 0.15) is 35.9 Å². The van der Waals surface area contributed by atoms with E-state index in [1.807, 2.05) is 23.6 Å². The lowest BCUT2D eigenvalue weighted by atomic mass is 10.2. The summed E-state index contributed by atoms with van der Waals surface area (Å²) in [6.07, 6.45) is 5.35. The van der Waals surface area contributed by atoms with Gasteiger partial charge in [-0.2, -0.15) is 0 Å². The lowest BCUT2D eigenvalue weighted by Gasteiger charge is -2.07. The minimum absolute atomic E-state index is 0.115. The minimum Gasteiger partial charge on any atom is -0.384 e. The first kappa shape index (κ1) is 14.5. The molecule has 106 valence electrons. The number of nitrogens with zero attached hydrogens (tertiary/aromatic N) is 1. The molecule has 5 heteroatoms. The zero-order chi connectivity index (χ0) is 14.2. The first-order valence-corrected chi connectivity index (χ1v) is 7.72. The van der Waals surface area contributed by atoms with Crippen LogP contribution in [0, 0.1) is 0 Å². The van der Waals surface area contributed by atoms with Crippen molar-refractivity contribution in [3.63, 3.8) is 0 Å². The number of aromatic nitrogens is 1. The van der Waals surface area contributed by atoms with Crippen LogP contribution in [0.3, 0.4) is 0 Å². The number of thiophene rings is 1. The summed E-state index contributed by atoms with van der Waals surface area (Å²) in [6, 6.07) is 7.40. The van der Waals surface area contributed by atoms with Crippen LogP contribution in [0.5, 0.6) is 0 Å². The van der Waals surface area contributed by atoms with Gasteiger partial charge in [-0.15, -0.1) is 11.3 Å². The van der Waals surface area contributed by atoms with Gasteiger partial charge in [0.05, 0.1) is 16.8 Å². The third kappa shape index (κ3) is 4.35. The van der Waals surface area contributed by atoms with Crippen molar-refractivity contribution < 1.29 is 4.79 Å². The average Bonchev–Trinajstić information content (AvgIpc) is 3.00. The van der Waals surface area contributed by atoms with E-state index in [1.165, 1.54) is 24.2 Å². The number of hydrogen-bond donors (Lipinski definition) is 2. The van der Waals surface area contributed by atoms with Crippen molar-refractivity contribution in [3.05, 3.63) is 40.7 Å². The SMILES string of the molecule is CCCCCNc1ccc(NC(=O)c2cccs2)nc1. The van der Waals surface area contributed by atoms with Gasteiger partial charge in [0, 0.05) is 6.54 Å². The third-order valence-corrected chi connectivity index (χ3v) is 3.73. The van der Waals surface area contributed by atoms with E-state index in [1.54, 1.807) is 12.3 Å². The summed E-state index contributed by atoms with van der Waals surface area (Å²) in [5.74, 6) is 0.457. The topological polar surface area (TPSA) is 54.0 Å². The molecule has 0 bridgehead atoms. The standard InChI is InChI=1S/C15H19N3OS/c1-2-3-4-9-16-12-7-8-14(17-11-12)18-15(19)13-6-5-10-20-13/h5-8,10-11,16H,2-4,9H2,1H3,(H,17,18,19). The number of nitrogens with one attached hydrogen (secondary N) is 2. The molecule has 0 radical (unpaired) electrons. The number of carbonyl (C=O) groups excluding carboxylic acids is 1. The average molecular weight is 289 g/mol. The van der Waals surface area contributed by atoms with E-state index in [0.29, 0.717) is 10.7 Å². The zero-order valence-electron chi connectivity index (χ0n) is 11.6. The van der Waals surface area contributed by atoms with Crippen LogP contribution < -0.4 is 10.6 Å². The molecule has 0 saturated heterocycles. The van der Waals surface area contributed by atoms with Crippen LogP contribution in [0.2, 0.25) is 0 Å². The van der Waals surface area contributed by atoms with E-state index in [-0.39, 0.29) is 5.91 Å². The highest BCUT2D eigenvalue weighted by Crippen LogP contribution is 2.13. The number of hydrogen-bond acceptors (Lipinski definition) is 4. The molecule has 2 N–H and O–H groups in total. The van der Waals surface area contributed by atoms with Crippen LogP contribution in [-0.4, -0.2) is 17.4 Å². The minimum atomic E-state index is -0.115. The molecule has 2 rings (SSSR count). The fourth-order valence-corrected chi connectivity index (χ4v) is 2.38. The highest BCUT2D eigenvalue weighted by molar-refractivity contribution is 7.12. The first-order valence-electron chi connectivity index (χ1n) is 6.84. The molecule has 0 saturated carbocycles. The summed E-state index contributed by atoms with van der Waals surface area (Å²) >= 11 is 1.42. The number of rotatable bonds is 7.